The van der Waals surface area contributed by atoms with Crippen LogP contribution in [0.2, 0.25) is 0 Å². The number of piperazine rings is 1. The Morgan fingerprint density at radius 2 is 1.60 bits per heavy atom. The van der Waals surface area contributed by atoms with Crippen molar-refractivity contribution in [2.75, 3.05) is 36.4 Å². The van der Waals surface area contributed by atoms with Crippen molar-refractivity contribution >= 4 is 17.3 Å². The van der Waals surface area contributed by atoms with Gasteiger partial charge in [0.1, 0.15) is 5.82 Å². The highest BCUT2D eigenvalue weighted by molar-refractivity contribution is 6.04. The van der Waals surface area contributed by atoms with Crippen LogP contribution in [0, 0.1) is 11.7 Å². The Bertz CT molecular complexity index is 1150. The van der Waals surface area contributed by atoms with E-state index in [4.69, 9.17) is 0 Å². The molecule has 0 atom stereocenters. The number of nitrogens with one attached hydrogen (secondary N) is 1. The molecular weight excluding hydrogens is 437 g/mol. The highest BCUT2D eigenvalue weighted by Gasteiger charge is 2.42. The normalized spacial score (nSPS) is 23.1. The van der Waals surface area contributed by atoms with Crippen molar-refractivity contribution in [2.45, 2.75) is 38.1 Å². The van der Waals surface area contributed by atoms with Crippen molar-refractivity contribution < 1.29 is 9.18 Å². The van der Waals surface area contributed by atoms with E-state index in [-0.39, 0.29) is 11.4 Å². The standard InChI is InChI=1S/C30H34FN3O/c1-23-13-15-30(16-14-23,34-19-17-33(18-20-34)28-11-3-2-4-12-28)25-8-6-10-27(22-25)32-29(35)24-7-5-9-26(31)21-24/h2-12,21-23H,13-20H2,1H3,(H,32,35). The van der Waals surface area contributed by atoms with E-state index in [0.717, 1.165) is 50.6 Å². The van der Waals surface area contributed by atoms with Gasteiger partial charge in [-0.25, -0.2) is 4.39 Å². The molecule has 5 heteroatoms. The van der Waals surface area contributed by atoms with Crippen LogP contribution in [-0.2, 0) is 5.54 Å². The zero-order valence-electron chi connectivity index (χ0n) is 20.4. The summed E-state index contributed by atoms with van der Waals surface area (Å²) in [5.41, 5.74) is 3.64. The number of carbonyl (C=O) groups is 1. The number of benzene rings is 3. The number of rotatable bonds is 5. The van der Waals surface area contributed by atoms with Gasteiger partial charge in [-0.15, -0.1) is 0 Å². The van der Waals surface area contributed by atoms with Gasteiger partial charge in [0.25, 0.3) is 5.91 Å². The lowest BCUT2D eigenvalue weighted by atomic mass is 9.71. The molecule has 1 saturated carbocycles. The predicted octanol–water partition coefficient (Wildman–Crippen LogP) is 6.31. The number of hydrogen-bond acceptors (Lipinski definition) is 3. The van der Waals surface area contributed by atoms with Crippen LogP contribution in [0.4, 0.5) is 15.8 Å². The maximum Gasteiger partial charge on any atom is 0.255 e. The first-order chi connectivity index (χ1) is 17.0. The number of halogens is 1. The van der Waals surface area contributed by atoms with Crippen molar-refractivity contribution in [3.8, 4) is 0 Å². The number of amides is 1. The van der Waals surface area contributed by atoms with E-state index >= 15 is 0 Å². The number of nitrogens with zero attached hydrogens (tertiary/aromatic N) is 2. The molecule has 0 spiro atoms. The number of para-hydroxylation sites is 1. The van der Waals surface area contributed by atoms with Gasteiger partial charge in [0.05, 0.1) is 0 Å². The summed E-state index contributed by atoms with van der Waals surface area (Å²) in [5, 5.41) is 2.99. The fourth-order valence-corrected chi connectivity index (χ4v) is 5.78. The first-order valence-corrected chi connectivity index (χ1v) is 12.8. The van der Waals surface area contributed by atoms with Crippen LogP contribution >= 0.6 is 0 Å². The van der Waals surface area contributed by atoms with Crippen molar-refractivity contribution in [1.29, 1.82) is 0 Å². The lowest BCUT2D eigenvalue weighted by Gasteiger charge is -2.51. The van der Waals surface area contributed by atoms with Crippen molar-refractivity contribution in [1.82, 2.24) is 4.90 Å². The van der Waals surface area contributed by atoms with Gasteiger partial charge in [0, 0.05) is 48.7 Å². The quantitative estimate of drug-likeness (QED) is 0.474. The van der Waals surface area contributed by atoms with E-state index in [2.05, 4.69) is 64.5 Å². The average molecular weight is 472 g/mol. The minimum Gasteiger partial charge on any atom is -0.369 e. The Labute approximate surface area is 207 Å². The topological polar surface area (TPSA) is 35.6 Å². The molecular formula is C30H34FN3O. The average Bonchev–Trinajstić information content (AvgIpc) is 2.90. The smallest absolute Gasteiger partial charge is 0.255 e. The molecule has 1 aliphatic carbocycles. The maximum absolute atomic E-state index is 13.6. The van der Waals surface area contributed by atoms with E-state index in [1.165, 1.54) is 36.2 Å². The Hall–Kier alpha value is -3.18. The van der Waals surface area contributed by atoms with Gasteiger partial charge in [-0.1, -0.05) is 43.3 Å². The number of anilines is 2. The van der Waals surface area contributed by atoms with Gasteiger partial charge in [-0.2, -0.15) is 0 Å². The summed E-state index contributed by atoms with van der Waals surface area (Å²) in [4.78, 5) is 17.9. The summed E-state index contributed by atoms with van der Waals surface area (Å²) >= 11 is 0. The van der Waals surface area contributed by atoms with E-state index in [0.29, 0.717) is 5.56 Å². The Kier molecular flexibility index (Phi) is 6.87. The largest absolute Gasteiger partial charge is 0.369 e. The number of carbonyl (C=O) groups excluding carboxylic acids is 1. The third-order valence-electron chi connectivity index (χ3n) is 7.85. The van der Waals surface area contributed by atoms with Gasteiger partial charge in [0.15, 0.2) is 0 Å². The Balaban J connectivity index is 1.37. The summed E-state index contributed by atoms with van der Waals surface area (Å²) in [5.74, 6) is 0.0466. The molecule has 1 saturated heterocycles. The minimum atomic E-state index is -0.406. The molecule has 35 heavy (non-hydrogen) atoms. The van der Waals surface area contributed by atoms with Crippen LogP contribution in [0.25, 0.3) is 0 Å². The molecule has 3 aromatic carbocycles. The van der Waals surface area contributed by atoms with Crippen LogP contribution in [0.5, 0.6) is 0 Å². The summed E-state index contributed by atoms with van der Waals surface area (Å²) in [6, 6.07) is 24.8. The van der Waals surface area contributed by atoms with E-state index in [1.807, 2.05) is 12.1 Å². The lowest BCUT2D eigenvalue weighted by Crippen LogP contribution is -2.56. The van der Waals surface area contributed by atoms with Gasteiger partial charge in [0.2, 0.25) is 0 Å². The summed E-state index contributed by atoms with van der Waals surface area (Å²) in [7, 11) is 0. The molecule has 182 valence electrons. The third-order valence-corrected chi connectivity index (χ3v) is 7.85. The van der Waals surface area contributed by atoms with E-state index in [1.54, 1.807) is 12.1 Å². The summed E-state index contributed by atoms with van der Waals surface area (Å²) in [6.45, 7) is 6.41. The second-order valence-corrected chi connectivity index (χ2v) is 10.1. The Morgan fingerprint density at radius 3 is 2.31 bits per heavy atom. The second-order valence-electron chi connectivity index (χ2n) is 10.1. The molecule has 5 rings (SSSR count). The van der Waals surface area contributed by atoms with Crippen molar-refractivity contribution in [2.24, 2.45) is 5.92 Å². The molecule has 0 bridgehead atoms. The third kappa shape index (κ3) is 5.10. The second kappa shape index (κ2) is 10.2. The summed E-state index contributed by atoms with van der Waals surface area (Å²) < 4.78 is 13.6. The van der Waals surface area contributed by atoms with Crippen molar-refractivity contribution in [3.05, 3.63) is 95.8 Å². The molecule has 2 aliphatic rings. The fourth-order valence-electron chi connectivity index (χ4n) is 5.78. The molecule has 1 amide bonds. The molecule has 0 unspecified atom stereocenters. The maximum atomic E-state index is 13.6. The van der Waals surface area contributed by atoms with Crippen LogP contribution < -0.4 is 10.2 Å². The van der Waals surface area contributed by atoms with Gasteiger partial charge in [-0.05, 0) is 79.6 Å². The fraction of sp³-hybridized carbons (Fsp3) is 0.367. The molecule has 0 radical (unpaired) electrons. The first-order valence-electron chi connectivity index (χ1n) is 12.8. The molecule has 0 aromatic heterocycles. The van der Waals surface area contributed by atoms with E-state index in [9.17, 15) is 9.18 Å². The monoisotopic (exact) mass is 471 g/mol. The number of hydrogen-bond donors (Lipinski definition) is 1. The molecule has 2 fully saturated rings. The highest BCUT2D eigenvalue weighted by Crippen LogP contribution is 2.45. The summed E-state index contributed by atoms with van der Waals surface area (Å²) in [6.07, 6.45) is 4.67. The molecule has 3 aromatic rings. The minimum absolute atomic E-state index is 0.0190. The lowest BCUT2D eigenvalue weighted by molar-refractivity contribution is 0.0299. The Morgan fingerprint density at radius 1 is 0.886 bits per heavy atom. The van der Waals surface area contributed by atoms with Crippen LogP contribution in [0.15, 0.2) is 78.9 Å². The molecule has 1 aliphatic heterocycles. The van der Waals surface area contributed by atoms with Crippen molar-refractivity contribution in [3.63, 3.8) is 0 Å². The molecule has 1 heterocycles. The van der Waals surface area contributed by atoms with Gasteiger partial charge >= 0.3 is 0 Å². The zero-order valence-corrected chi connectivity index (χ0v) is 20.4. The highest BCUT2D eigenvalue weighted by atomic mass is 19.1. The first kappa shape index (κ1) is 23.6. The predicted molar refractivity (Wildman–Crippen MR) is 140 cm³/mol. The van der Waals surface area contributed by atoms with Crippen LogP contribution in [0.1, 0.15) is 48.5 Å². The molecule has 1 N–H and O–H groups in total. The van der Waals surface area contributed by atoms with Crippen LogP contribution in [-0.4, -0.2) is 37.0 Å². The van der Waals surface area contributed by atoms with Gasteiger partial charge < -0.3 is 10.2 Å². The SMILES string of the molecule is CC1CCC(c2cccc(NC(=O)c3cccc(F)c3)c2)(N2CCN(c3ccccc3)CC2)CC1. The van der Waals surface area contributed by atoms with Gasteiger partial charge in [-0.3, -0.25) is 9.69 Å². The zero-order chi connectivity index (χ0) is 24.3. The van der Waals surface area contributed by atoms with Crippen LogP contribution in [0.3, 0.4) is 0 Å². The molecule has 4 nitrogen and oxygen atoms in total. The van der Waals surface area contributed by atoms with E-state index < -0.39 is 5.82 Å².